The van der Waals surface area contributed by atoms with Gasteiger partial charge in [-0.1, -0.05) is 0 Å². The topological polar surface area (TPSA) is 96.0 Å². The second-order valence-corrected chi connectivity index (χ2v) is 4.79. The maximum absolute atomic E-state index is 11.6. The number of rotatable bonds is 6. The molecule has 7 heteroatoms. The third kappa shape index (κ3) is 4.29. The maximum Gasteiger partial charge on any atom is 0.379 e. The van der Waals surface area contributed by atoms with Gasteiger partial charge in [0.25, 0.3) is 11.6 Å². The van der Waals surface area contributed by atoms with Gasteiger partial charge in [0.1, 0.15) is 11.5 Å². The van der Waals surface area contributed by atoms with Crippen molar-refractivity contribution in [3.05, 3.63) is 59.7 Å². The molecule has 0 unspecified atom stereocenters. The van der Waals surface area contributed by atoms with Gasteiger partial charge in [-0.15, -0.1) is 0 Å². The smallest absolute Gasteiger partial charge is 0.379 e. The van der Waals surface area contributed by atoms with Gasteiger partial charge >= 0.3 is 11.9 Å². The van der Waals surface area contributed by atoms with E-state index >= 15 is 0 Å². The molecule has 0 radical (unpaired) electrons. The highest BCUT2D eigenvalue weighted by Crippen LogP contribution is 2.22. The summed E-state index contributed by atoms with van der Waals surface area (Å²) in [6.07, 6.45) is 0. The highest BCUT2D eigenvalue weighted by molar-refractivity contribution is 6.41. The van der Waals surface area contributed by atoms with Crippen LogP contribution in [0.2, 0.25) is 0 Å². The van der Waals surface area contributed by atoms with Crippen molar-refractivity contribution in [2.75, 3.05) is 14.2 Å². The first-order chi connectivity index (χ1) is 12.0. The zero-order chi connectivity index (χ0) is 18.4. The van der Waals surface area contributed by atoms with Gasteiger partial charge in [-0.05, 0) is 48.5 Å². The Kier molecular flexibility index (Phi) is 5.62. The van der Waals surface area contributed by atoms with E-state index in [1.807, 2.05) is 0 Å². The molecule has 0 spiro atoms. The molecule has 0 N–H and O–H groups in total. The molecule has 0 saturated carbocycles. The summed E-state index contributed by atoms with van der Waals surface area (Å²) in [7, 11) is 2.26. The highest BCUT2D eigenvalue weighted by atomic mass is 16.5. The van der Waals surface area contributed by atoms with E-state index in [-0.39, 0.29) is 11.1 Å². The van der Waals surface area contributed by atoms with Crippen LogP contribution in [0.25, 0.3) is 0 Å². The van der Waals surface area contributed by atoms with Crippen molar-refractivity contribution in [2.45, 2.75) is 0 Å². The predicted molar refractivity (Wildman–Crippen MR) is 85.7 cm³/mol. The van der Waals surface area contributed by atoms with Crippen LogP contribution in [-0.4, -0.2) is 37.7 Å². The number of ketones is 2. The third-order valence-electron chi connectivity index (χ3n) is 3.21. The van der Waals surface area contributed by atoms with Crippen LogP contribution in [0.5, 0.6) is 11.5 Å². The Morgan fingerprint density at radius 3 is 1.20 bits per heavy atom. The normalized spacial score (nSPS) is 9.84. The van der Waals surface area contributed by atoms with Gasteiger partial charge in [-0.3, -0.25) is 9.59 Å². The summed E-state index contributed by atoms with van der Waals surface area (Å²) in [6.45, 7) is 0. The fourth-order valence-corrected chi connectivity index (χ4v) is 1.91. The Morgan fingerprint density at radius 2 is 0.920 bits per heavy atom. The Morgan fingerprint density at radius 1 is 0.600 bits per heavy atom. The predicted octanol–water partition coefficient (Wildman–Crippen LogP) is 2.19. The van der Waals surface area contributed by atoms with E-state index in [9.17, 15) is 19.2 Å². The number of ether oxygens (including phenoxy) is 3. The molecule has 0 aromatic heterocycles. The molecule has 0 heterocycles. The van der Waals surface area contributed by atoms with Gasteiger partial charge in [0, 0.05) is 11.1 Å². The molecule has 128 valence electrons. The van der Waals surface area contributed by atoms with Crippen LogP contribution in [0.1, 0.15) is 20.7 Å². The van der Waals surface area contributed by atoms with Crippen molar-refractivity contribution in [1.82, 2.24) is 0 Å². The van der Waals surface area contributed by atoms with Gasteiger partial charge < -0.3 is 14.2 Å². The number of carbonyl (C=O) groups excluding carboxylic acids is 4. The standard InChI is InChI=1S/C18H14O7/c1-23-17(21)15(19)11-3-7-13(8-4-11)25-14-9-5-12(6-10-14)16(20)18(22)24-2/h3-10H,1-2H3. The van der Waals surface area contributed by atoms with Gasteiger partial charge in [-0.2, -0.15) is 0 Å². The third-order valence-corrected chi connectivity index (χ3v) is 3.21. The molecule has 0 bridgehead atoms. The van der Waals surface area contributed by atoms with Crippen molar-refractivity contribution in [1.29, 1.82) is 0 Å². The quantitative estimate of drug-likeness (QED) is 0.451. The number of Topliss-reactive ketones (excluding diaryl/α,β-unsaturated/α-hetero) is 2. The molecule has 25 heavy (non-hydrogen) atoms. The number of hydrogen-bond acceptors (Lipinski definition) is 7. The Bertz CT molecular complexity index is 735. The number of methoxy groups -OCH3 is 2. The van der Waals surface area contributed by atoms with E-state index in [0.717, 1.165) is 14.2 Å². The Hall–Kier alpha value is -3.48. The van der Waals surface area contributed by atoms with Crippen LogP contribution in [0.15, 0.2) is 48.5 Å². The minimum absolute atomic E-state index is 0.179. The molecule has 0 aliphatic carbocycles. The summed E-state index contributed by atoms with van der Waals surface area (Å²) < 4.78 is 14.3. The highest BCUT2D eigenvalue weighted by Gasteiger charge is 2.17. The van der Waals surface area contributed by atoms with Crippen molar-refractivity contribution < 1.29 is 33.4 Å². The van der Waals surface area contributed by atoms with E-state index in [2.05, 4.69) is 9.47 Å². The molecule has 2 aromatic carbocycles. The lowest BCUT2D eigenvalue weighted by Crippen LogP contribution is -2.15. The Labute approximate surface area is 143 Å². The molecule has 2 rings (SSSR count). The first-order valence-electron chi connectivity index (χ1n) is 7.09. The van der Waals surface area contributed by atoms with E-state index < -0.39 is 23.5 Å². The molecule has 0 amide bonds. The average Bonchev–Trinajstić information content (AvgIpc) is 2.66. The number of benzene rings is 2. The van der Waals surface area contributed by atoms with Crippen LogP contribution in [-0.2, 0) is 19.1 Å². The average molecular weight is 342 g/mol. The van der Waals surface area contributed by atoms with Crippen molar-refractivity contribution in [3.8, 4) is 11.5 Å². The lowest BCUT2D eigenvalue weighted by Gasteiger charge is -2.07. The van der Waals surface area contributed by atoms with E-state index in [1.165, 1.54) is 48.5 Å². The van der Waals surface area contributed by atoms with E-state index in [1.54, 1.807) is 0 Å². The zero-order valence-electron chi connectivity index (χ0n) is 13.5. The Balaban J connectivity index is 2.07. The first kappa shape index (κ1) is 17.9. The second-order valence-electron chi connectivity index (χ2n) is 4.79. The summed E-state index contributed by atoms with van der Waals surface area (Å²) >= 11 is 0. The SMILES string of the molecule is COC(=O)C(=O)c1ccc(Oc2ccc(C(=O)C(=O)OC)cc2)cc1. The summed E-state index contributed by atoms with van der Waals surface area (Å²) in [6, 6.07) is 11.8. The molecule has 7 nitrogen and oxygen atoms in total. The molecule has 0 aliphatic rings. The second kappa shape index (κ2) is 7.87. The van der Waals surface area contributed by atoms with E-state index in [4.69, 9.17) is 4.74 Å². The zero-order valence-corrected chi connectivity index (χ0v) is 13.5. The summed E-state index contributed by atoms with van der Waals surface area (Å²) in [5.74, 6) is -2.54. The molecule has 2 aromatic rings. The lowest BCUT2D eigenvalue weighted by atomic mass is 10.1. The van der Waals surface area contributed by atoms with Crippen molar-refractivity contribution in [2.24, 2.45) is 0 Å². The van der Waals surface area contributed by atoms with Crippen LogP contribution < -0.4 is 4.74 Å². The summed E-state index contributed by atoms with van der Waals surface area (Å²) in [5.41, 5.74) is 0.358. The van der Waals surface area contributed by atoms with Crippen LogP contribution >= 0.6 is 0 Å². The lowest BCUT2D eigenvalue weighted by molar-refractivity contribution is -0.135. The minimum Gasteiger partial charge on any atom is -0.463 e. The molecule has 0 fully saturated rings. The van der Waals surface area contributed by atoms with Crippen molar-refractivity contribution in [3.63, 3.8) is 0 Å². The van der Waals surface area contributed by atoms with Gasteiger partial charge in [0.2, 0.25) is 0 Å². The fourth-order valence-electron chi connectivity index (χ4n) is 1.91. The fraction of sp³-hybridized carbons (Fsp3) is 0.111. The largest absolute Gasteiger partial charge is 0.463 e. The summed E-state index contributed by atoms with van der Waals surface area (Å²) in [5, 5.41) is 0. The maximum atomic E-state index is 11.6. The van der Waals surface area contributed by atoms with Crippen molar-refractivity contribution >= 4 is 23.5 Å². The molecular weight excluding hydrogens is 328 g/mol. The monoisotopic (exact) mass is 342 g/mol. The number of carbonyl (C=O) groups is 4. The first-order valence-corrected chi connectivity index (χ1v) is 7.09. The van der Waals surface area contributed by atoms with Crippen LogP contribution in [0, 0.1) is 0 Å². The summed E-state index contributed by atoms with van der Waals surface area (Å²) in [4.78, 5) is 45.6. The van der Waals surface area contributed by atoms with Crippen LogP contribution in [0.3, 0.4) is 0 Å². The number of hydrogen-bond donors (Lipinski definition) is 0. The van der Waals surface area contributed by atoms with Gasteiger partial charge in [-0.25, -0.2) is 9.59 Å². The molecule has 0 aliphatic heterocycles. The molecule has 0 saturated heterocycles. The minimum atomic E-state index is -0.945. The molecule has 0 atom stereocenters. The number of esters is 2. The molecular formula is C18H14O7. The van der Waals surface area contributed by atoms with Gasteiger partial charge in [0.05, 0.1) is 14.2 Å². The van der Waals surface area contributed by atoms with Crippen LogP contribution in [0.4, 0.5) is 0 Å². The van der Waals surface area contributed by atoms with E-state index in [0.29, 0.717) is 11.5 Å². The van der Waals surface area contributed by atoms with Gasteiger partial charge in [0.15, 0.2) is 0 Å².